The van der Waals surface area contributed by atoms with Crippen LogP contribution in [0, 0.1) is 25.7 Å². The maximum atomic E-state index is 5.71. The van der Waals surface area contributed by atoms with Gasteiger partial charge in [-0.25, -0.2) is 4.98 Å². The predicted molar refractivity (Wildman–Crippen MR) is 79.6 cm³/mol. The molecule has 4 heteroatoms. The van der Waals surface area contributed by atoms with Crippen LogP contribution in [0.25, 0.3) is 0 Å². The van der Waals surface area contributed by atoms with Crippen molar-refractivity contribution in [2.24, 2.45) is 5.73 Å². The fourth-order valence-electron chi connectivity index (χ4n) is 1.82. The Morgan fingerprint density at radius 1 is 1.25 bits per heavy atom. The van der Waals surface area contributed by atoms with Crippen molar-refractivity contribution in [1.29, 1.82) is 0 Å². The molecule has 2 rings (SSSR count). The third-order valence-corrected chi connectivity index (χ3v) is 3.14. The Labute approximate surface area is 119 Å². The van der Waals surface area contributed by atoms with E-state index in [0.29, 0.717) is 13.2 Å². The second kappa shape index (κ2) is 6.78. The summed E-state index contributed by atoms with van der Waals surface area (Å²) in [7, 11) is 0. The highest BCUT2D eigenvalue weighted by molar-refractivity contribution is 5.38. The van der Waals surface area contributed by atoms with Crippen molar-refractivity contribution in [3.63, 3.8) is 0 Å². The van der Waals surface area contributed by atoms with Crippen LogP contribution in [0.15, 0.2) is 30.6 Å². The molecular formula is C16H19N3O. The average Bonchev–Trinajstić information content (AvgIpc) is 2.78. The zero-order chi connectivity index (χ0) is 14.4. The lowest BCUT2D eigenvalue weighted by molar-refractivity contribution is 0.297. The molecule has 0 fully saturated rings. The van der Waals surface area contributed by atoms with Crippen LogP contribution >= 0.6 is 0 Å². The van der Waals surface area contributed by atoms with Gasteiger partial charge in [0.1, 0.15) is 12.4 Å². The standard InChI is InChI=1S/C16H19N3O/c1-13-14(2)19(12-18-13)10-11-20-16-7-5-15(6-8-16)4-3-9-17/h5-8,12H,9-11,17H2,1-2H3. The normalized spacial score (nSPS) is 9.95. The Kier molecular flexibility index (Phi) is 4.80. The quantitative estimate of drug-likeness (QED) is 0.862. The van der Waals surface area contributed by atoms with E-state index in [9.17, 15) is 0 Å². The van der Waals surface area contributed by atoms with Crippen molar-refractivity contribution in [3.8, 4) is 17.6 Å². The summed E-state index contributed by atoms with van der Waals surface area (Å²) in [5.74, 6) is 6.65. The van der Waals surface area contributed by atoms with Crippen LogP contribution in [0.5, 0.6) is 5.75 Å². The van der Waals surface area contributed by atoms with Crippen LogP contribution in [-0.2, 0) is 6.54 Å². The Morgan fingerprint density at radius 2 is 2.00 bits per heavy atom. The molecule has 0 bridgehead atoms. The first kappa shape index (κ1) is 14.2. The molecule has 0 saturated heterocycles. The molecule has 0 atom stereocenters. The van der Waals surface area contributed by atoms with E-state index in [2.05, 4.69) is 28.3 Å². The van der Waals surface area contributed by atoms with Crippen LogP contribution in [0.2, 0.25) is 0 Å². The van der Waals surface area contributed by atoms with Crippen LogP contribution < -0.4 is 10.5 Å². The molecule has 0 aliphatic heterocycles. The smallest absolute Gasteiger partial charge is 0.119 e. The molecule has 1 heterocycles. The van der Waals surface area contributed by atoms with Crippen LogP contribution in [0.3, 0.4) is 0 Å². The molecule has 104 valence electrons. The molecule has 0 saturated carbocycles. The largest absolute Gasteiger partial charge is 0.492 e. The van der Waals surface area contributed by atoms with Crippen molar-refractivity contribution in [1.82, 2.24) is 9.55 Å². The predicted octanol–water partition coefficient (Wildman–Crippen LogP) is 1.89. The monoisotopic (exact) mass is 269 g/mol. The first-order chi connectivity index (χ1) is 9.70. The van der Waals surface area contributed by atoms with Gasteiger partial charge in [0.2, 0.25) is 0 Å². The molecule has 1 aromatic carbocycles. The second-order valence-corrected chi connectivity index (χ2v) is 4.49. The summed E-state index contributed by atoms with van der Waals surface area (Å²) < 4.78 is 7.81. The van der Waals surface area contributed by atoms with Crippen molar-refractivity contribution in [3.05, 3.63) is 47.5 Å². The fraction of sp³-hybridized carbons (Fsp3) is 0.312. The highest BCUT2D eigenvalue weighted by atomic mass is 16.5. The molecule has 1 aromatic heterocycles. The average molecular weight is 269 g/mol. The van der Waals surface area contributed by atoms with Gasteiger partial charge in [0, 0.05) is 11.3 Å². The van der Waals surface area contributed by atoms with E-state index in [-0.39, 0.29) is 0 Å². The summed E-state index contributed by atoms with van der Waals surface area (Å²) in [5.41, 5.74) is 8.53. The highest BCUT2D eigenvalue weighted by Gasteiger charge is 2.01. The number of aryl methyl sites for hydroxylation is 1. The number of hydrogen-bond donors (Lipinski definition) is 1. The number of ether oxygens (including phenoxy) is 1. The van der Waals surface area contributed by atoms with Gasteiger partial charge in [-0.1, -0.05) is 11.8 Å². The lowest BCUT2D eigenvalue weighted by atomic mass is 10.2. The van der Waals surface area contributed by atoms with Gasteiger partial charge in [-0.15, -0.1) is 0 Å². The van der Waals surface area contributed by atoms with Crippen LogP contribution in [-0.4, -0.2) is 22.7 Å². The molecule has 0 aliphatic carbocycles. The van der Waals surface area contributed by atoms with E-state index < -0.39 is 0 Å². The lowest BCUT2D eigenvalue weighted by Crippen LogP contribution is -2.08. The molecule has 20 heavy (non-hydrogen) atoms. The van der Waals surface area contributed by atoms with E-state index in [1.807, 2.05) is 37.5 Å². The van der Waals surface area contributed by atoms with Crippen LogP contribution in [0.4, 0.5) is 0 Å². The lowest BCUT2D eigenvalue weighted by Gasteiger charge is -2.08. The SMILES string of the molecule is Cc1ncn(CCOc2ccc(C#CCN)cc2)c1C. The van der Waals surface area contributed by atoms with E-state index in [1.165, 1.54) is 5.69 Å². The number of imidazole rings is 1. The van der Waals surface area contributed by atoms with Gasteiger partial charge in [-0.05, 0) is 38.1 Å². The van der Waals surface area contributed by atoms with Gasteiger partial charge >= 0.3 is 0 Å². The Morgan fingerprint density at radius 3 is 2.60 bits per heavy atom. The van der Waals surface area contributed by atoms with Crippen molar-refractivity contribution in [2.45, 2.75) is 20.4 Å². The summed E-state index contributed by atoms with van der Waals surface area (Å²) in [6, 6.07) is 7.72. The minimum atomic E-state index is 0.377. The minimum absolute atomic E-state index is 0.377. The molecule has 0 amide bonds. The molecule has 0 radical (unpaired) electrons. The Bertz CT molecular complexity index is 617. The van der Waals surface area contributed by atoms with Crippen molar-refractivity contribution in [2.75, 3.05) is 13.2 Å². The van der Waals surface area contributed by atoms with Crippen molar-refractivity contribution < 1.29 is 4.74 Å². The molecular weight excluding hydrogens is 250 g/mol. The van der Waals surface area contributed by atoms with E-state index in [4.69, 9.17) is 10.5 Å². The maximum absolute atomic E-state index is 5.71. The molecule has 0 spiro atoms. The number of nitrogens with two attached hydrogens (primary N) is 1. The summed E-state index contributed by atoms with van der Waals surface area (Å²) >= 11 is 0. The summed E-state index contributed by atoms with van der Waals surface area (Å²) in [6.07, 6.45) is 1.85. The van der Waals surface area contributed by atoms with Crippen LogP contribution in [0.1, 0.15) is 17.0 Å². The minimum Gasteiger partial charge on any atom is -0.492 e. The highest BCUT2D eigenvalue weighted by Crippen LogP contribution is 2.12. The second-order valence-electron chi connectivity index (χ2n) is 4.49. The number of rotatable bonds is 4. The first-order valence-corrected chi connectivity index (χ1v) is 6.61. The zero-order valence-corrected chi connectivity index (χ0v) is 11.9. The molecule has 0 unspecified atom stereocenters. The van der Waals surface area contributed by atoms with Crippen molar-refractivity contribution >= 4 is 0 Å². The van der Waals surface area contributed by atoms with E-state index >= 15 is 0 Å². The van der Waals surface area contributed by atoms with Gasteiger partial charge in [-0.3, -0.25) is 0 Å². The van der Waals surface area contributed by atoms with Gasteiger partial charge in [-0.2, -0.15) is 0 Å². The maximum Gasteiger partial charge on any atom is 0.119 e. The Balaban J connectivity index is 1.86. The van der Waals surface area contributed by atoms with Gasteiger partial charge < -0.3 is 15.0 Å². The van der Waals surface area contributed by atoms with Gasteiger partial charge in [0.05, 0.1) is 25.1 Å². The van der Waals surface area contributed by atoms with E-state index in [0.717, 1.165) is 23.6 Å². The molecule has 4 nitrogen and oxygen atoms in total. The fourth-order valence-corrected chi connectivity index (χ4v) is 1.82. The zero-order valence-electron chi connectivity index (χ0n) is 11.9. The first-order valence-electron chi connectivity index (χ1n) is 6.61. The molecule has 0 aliphatic rings. The van der Waals surface area contributed by atoms with Gasteiger partial charge in [0.15, 0.2) is 0 Å². The topological polar surface area (TPSA) is 53.1 Å². The summed E-state index contributed by atoms with van der Waals surface area (Å²) in [5, 5.41) is 0. The number of nitrogens with zero attached hydrogens (tertiary/aromatic N) is 2. The third kappa shape index (κ3) is 3.62. The van der Waals surface area contributed by atoms with Gasteiger partial charge in [0.25, 0.3) is 0 Å². The Hall–Kier alpha value is -2.25. The summed E-state index contributed by atoms with van der Waals surface area (Å²) in [6.45, 7) is 5.86. The van der Waals surface area contributed by atoms with E-state index in [1.54, 1.807) is 0 Å². The third-order valence-electron chi connectivity index (χ3n) is 3.14. The molecule has 2 N–H and O–H groups in total. The number of benzene rings is 1. The number of hydrogen-bond acceptors (Lipinski definition) is 3. The molecule has 2 aromatic rings. The number of aromatic nitrogens is 2. The summed E-state index contributed by atoms with van der Waals surface area (Å²) in [4.78, 5) is 4.26.